The first kappa shape index (κ1) is 20.3. The van der Waals surface area contributed by atoms with Crippen molar-refractivity contribution >= 4 is 61.1 Å². The van der Waals surface area contributed by atoms with E-state index in [1.165, 1.54) is 6.08 Å². The number of rotatable bonds is 5. The molecule has 0 unspecified atom stereocenters. The Hall–Kier alpha value is -3.47. The van der Waals surface area contributed by atoms with Crippen molar-refractivity contribution in [1.29, 1.82) is 10.5 Å². The fraction of sp³-hybridized carbons (Fsp3) is 0. The Labute approximate surface area is 182 Å². The molecular weight excluding hydrogens is 502 g/mol. The predicted molar refractivity (Wildman–Crippen MR) is 117 cm³/mol. The van der Waals surface area contributed by atoms with E-state index in [4.69, 9.17) is 10.5 Å². The van der Waals surface area contributed by atoms with Crippen LogP contribution in [0, 0.1) is 22.7 Å². The van der Waals surface area contributed by atoms with E-state index < -0.39 is 5.56 Å². The van der Waals surface area contributed by atoms with E-state index in [0.717, 1.165) is 5.56 Å². The summed E-state index contributed by atoms with van der Waals surface area (Å²) in [6.07, 6.45) is 3.06. The highest BCUT2D eigenvalue weighted by atomic mass is 79.9. The molecule has 3 rings (SSSR count). The largest absolute Gasteiger partial charge is 0.335 e. The van der Waals surface area contributed by atoms with Crippen LogP contribution < -0.4 is 16.2 Å². The molecule has 10 heteroatoms. The average Bonchev–Trinajstić information content (AvgIpc) is 2.72. The van der Waals surface area contributed by atoms with Crippen LogP contribution in [0.2, 0.25) is 0 Å². The summed E-state index contributed by atoms with van der Waals surface area (Å²) < 4.78 is 1.42. The average molecular weight is 513 g/mol. The van der Waals surface area contributed by atoms with E-state index in [2.05, 4.69) is 57.7 Å². The van der Waals surface area contributed by atoms with E-state index in [0.29, 0.717) is 25.9 Å². The number of aromatic nitrogens is 3. The lowest BCUT2D eigenvalue weighted by molar-refractivity contribution is 0.945. The number of nitrogens with zero attached hydrogens (tertiary/aromatic N) is 4. The van der Waals surface area contributed by atoms with Crippen molar-refractivity contribution < 1.29 is 0 Å². The van der Waals surface area contributed by atoms with E-state index in [-0.39, 0.29) is 11.8 Å². The van der Waals surface area contributed by atoms with Crippen molar-refractivity contribution in [1.82, 2.24) is 15.2 Å². The third kappa shape index (κ3) is 5.08. The molecule has 8 nitrogen and oxygen atoms in total. The molecule has 1 aromatic heterocycles. The molecule has 0 saturated heterocycles. The van der Waals surface area contributed by atoms with Gasteiger partial charge in [-0.05, 0) is 79.9 Å². The van der Waals surface area contributed by atoms with Gasteiger partial charge in [0.1, 0.15) is 0 Å². The topological polar surface area (TPSA) is 130 Å². The zero-order valence-corrected chi connectivity index (χ0v) is 17.7. The van der Waals surface area contributed by atoms with Crippen LogP contribution in [0.4, 0.5) is 23.1 Å². The molecule has 29 heavy (non-hydrogen) atoms. The van der Waals surface area contributed by atoms with Crippen LogP contribution in [0.25, 0.3) is 6.08 Å². The molecule has 0 aliphatic heterocycles. The fourth-order valence-corrected chi connectivity index (χ4v) is 3.72. The molecule has 3 N–H and O–H groups in total. The predicted octanol–water partition coefficient (Wildman–Crippen LogP) is 4.59. The second-order valence-electron chi connectivity index (χ2n) is 5.60. The summed E-state index contributed by atoms with van der Waals surface area (Å²) in [7, 11) is 0. The molecular formula is C19H11Br2N7O. The molecule has 3 aromatic rings. The third-order valence-corrected chi connectivity index (χ3v) is 4.88. The van der Waals surface area contributed by atoms with Crippen LogP contribution in [0.15, 0.2) is 56.2 Å². The normalized spacial score (nSPS) is 10.3. The van der Waals surface area contributed by atoms with Crippen molar-refractivity contribution in [3.63, 3.8) is 0 Å². The van der Waals surface area contributed by atoms with E-state index in [9.17, 15) is 4.79 Å². The summed E-state index contributed by atoms with van der Waals surface area (Å²) in [6.45, 7) is 0. The number of hydrogen-bond donors (Lipinski definition) is 3. The molecule has 0 saturated carbocycles. The van der Waals surface area contributed by atoms with Gasteiger partial charge in [0.15, 0.2) is 0 Å². The van der Waals surface area contributed by atoms with Gasteiger partial charge in [0, 0.05) is 20.7 Å². The van der Waals surface area contributed by atoms with E-state index >= 15 is 0 Å². The lowest BCUT2D eigenvalue weighted by Crippen LogP contribution is -2.17. The number of anilines is 4. The lowest BCUT2D eigenvalue weighted by Gasteiger charge is -2.11. The smallest absolute Gasteiger partial charge is 0.307 e. The highest BCUT2D eigenvalue weighted by molar-refractivity contribution is 9.11. The van der Waals surface area contributed by atoms with Gasteiger partial charge in [-0.3, -0.25) is 4.79 Å². The fourth-order valence-electron chi connectivity index (χ4n) is 2.30. The van der Waals surface area contributed by atoms with Crippen LogP contribution in [0.1, 0.15) is 11.1 Å². The first-order valence-electron chi connectivity index (χ1n) is 8.06. The summed E-state index contributed by atoms with van der Waals surface area (Å²) in [6, 6.07) is 14.2. The van der Waals surface area contributed by atoms with Crippen molar-refractivity contribution in [3.05, 3.63) is 72.9 Å². The Morgan fingerprint density at radius 2 is 1.76 bits per heavy atom. The molecule has 0 amide bonds. The zero-order valence-electron chi connectivity index (χ0n) is 14.6. The molecule has 0 bridgehead atoms. The maximum Gasteiger partial charge on any atom is 0.307 e. The lowest BCUT2D eigenvalue weighted by atomic mass is 10.2. The molecule has 2 aromatic carbocycles. The highest BCUT2D eigenvalue weighted by Crippen LogP contribution is 2.34. The second kappa shape index (κ2) is 9.15. The number of allylic oxidation sites excluding steroid dienone is 1. The Bertz CT molecular complexity index is 1200. The van der Waals surface area contributed by atoms with Gasteiger partial charge in [0.25, 0.3) is 0 Å². The van der Waals surface area contributed by atoms with Gasteiger partial charge in [-0.15, -0.1) is 5.10 Å². The molecule has 0 spiro atoms. The SMILES string of the molecule is N#C/C=C/c1cc(Br)c(Nc2n[nH]c(=O)c(Nc3ccc(C#N)cc3)n2)c(Br)c1. The number of H-pyrrole nitrogens is 1. The third-order valence-electron chi connectivity index (χ3n) is 3.62. The second-order valence-corrected chi connectivity index (χ2v) is 7.31. The summed E-state index contributed by atoms with van der Waals surface area (Å²) in [5.74, 6) is 0.218. The van der Waals surface area contributed by atoms with Crippen molar-refractivity contribution in [2.75, 3.05) is 10.6 Å². The first-order chi connectivity index (χ1) is 14.0. The Balaban J connectivity index is 1.86. The van der Waals surface area contributed by atoms with Crippen LogP contribution in [0.3, 0.4) is 0 Å². The van der Waals surface area contributed by atoms with Crippen molar-refractivity contribution in [2.24, 2.45) is 0 Å². The van der Waals surface area contributed by atoms with Crippen LogP contribution in [0.5, 0.6) is 0 Å². The van der Waals surface area contributed by atoms with Crippen molar-refractivity contribution in [3.8, 4) is 12.1 Å². The molecule has 0 radical (unpaired) electrons. The maximum absolute atomic E-state index is 12.1. The Morgan fingerprint density at radius 3 is 2.38 bits per heavy atom. The van der Waals surface area contributed by atoms with Crippen molar-refractivity contribution in [2.45, 2.75) is 0 Å². The molecule has 0 aliphatic carbocycles. The number of hydrogen-bond acceptors (Lipinski definition) is 7. The standard InChI is InChI=1S/C19H11Br2N7O/c20-14-8-12(2-1-7-22)9-15(21)16(14)25-19-26-17(18(29)27-28-19)24-13-5-3-11(10-23)4-6-13/h1-6,8-9H,(H,27,29)(H2,24,25,26,28)/b2-1+. The van der Waals surface area contributed by atoms with Gasteiger partial charge < -0.3 is 10.6 Å². The number of benzene rings is 2. The summed E-state index contributed by atoms with van der Waals surface area (Å²) in [5, 5.41) is 29.8. The Kier molecular flexibility index (Phi) is 6.39. The zero-order chi connectivity index (χ0) is 20.8. The highest BCUT2D eigenvalue weighted by Gasteiger charge is 2.11. The number of nitrogens with one attached hydrogen (secondary N) is 3. The number of nitriles is 2. The van der Waals surface area contributed by atoms with Crippen LogP contribution in [-0.2, 0) is 0 Å². The van der Waals surface area contributed by atoms with Gasteiger partial charge in [0.2, 0.25) is 11.8 Å². The van der Waals surface area contributed by atoms with Gasteiger partial charge in [-0.2, -0.15) is 15.5 Å². The quantitative estimate of drug-likeness (QED) is 0.426. The summed E-state index contributed by atoms with van der Waals surface area (Å²) in [5.41, 5.74) is 2.10. The number of aromatic amines is 1. The maximum atomic E-state index is 12.1. The van der Waals surface area contributed by atoms with Gasteiger partial charge in [-0.25, -0.2) is 5.10 Å². The molecule has 0 fully saturated rings. The monoisotopic (exact) mass is 511 g/mol. The Morgan fingerprint density at radius 1 is 1.07 bits per heavy atom. The van der Waals surface area contributed by atoms with E-state index in [1.54, 1.807) is 30.3 Å². The van der Waals surface area contributed by atoms with Crippen LogP contribution >= 0.6 is 31.9 Å². The number of halogens is 2. The minimum atomic E-state index is -0.491. The molecule has 1 heterocycles. The molecule has 0 atom stereocenters. The van der Waals surface area contributed by atoms with Gasteiger partial charge >= 0.3 is 5.56 Å². The minimum absolute atomic E-state index is 0.0491. The summed E-state index contributed by atoms with van der Waals surface area (Å²) in [4.78, 5) is 16.3. The minimum Gasteiger partial charge on any atom is -0.335 e. The molecule has 0 aliphatic rings. The van der Waals surface area contributed by atoms with Crippen LogP contribution in [-0.4, -0.2) is 15.2 Å². The summed E-state index contributed by atoms with van der Waals surface area (Å²) >= 11 is 6.94. The first-order valence-corrected chi connectivity index (χ1v) is 9.65. The van der Waals surface area contributed by atoms with Gasteiger partial charge in [-0.1, -0.05) is 0 Å². The van der Waals surface area contributed by atoms with E-state index in [1.807, 2.05) is 24.3 Å². The molecule has 142 valence electrons. The van der Waals surface area contributed by atoms with Gasteiger partial charge in [0.05, 0.1) is 23.4 Å².